The summed E-state index contributed by atoms with van der Waals surface area (Å²) >= 11 is 1.44. The highest BCUT2D eigenvalue weighted by Crippen LogP contribution is 2.25. The molecule has 4 nitrogen and oxygen atoms in total. The predicted molar refractivity (Wildman–Crippen MR) is 50.4 cm³/mol. The van der Waals surface area contributed by atoms with Gasteiger partial charge >= 0.3 is 0 Å². The Kier molecular flexibility index (Phi) is 1.73. The Balaban J connectivity index is 2.68. The molecule has 0 saturated carbocycles. The van der Waals surface area contributed by atoms with Crippen molar-refractivity contribution in [2.75, 3.05) is 7.05 Å². The largest absolute Gasteiger partial charge is 0.428 e. The fraction of sp³-hybridized carbons (Fsp3) is 0.125. The molecule has 2 rings (SSSR count). The summed E-state index contributed by atoms with van der Waals surface area (Å²) < 4.78 is 1.78. The van der Waals surface area contributed by atoms with E-state index in [4.69, 9.17) is 0 Å². The Hall–Kier alpha value is -1.49. The zero-order valence-corrected chi connectivity index (χ0v) is 7.76. The van der Waals surface area contributed by atoms with E-state index in [0.717, 1.165) is 9.43 Å². The number of nitrogens with zero attached hydrogens (tertiary/aromatic N) is 1. The van der Waals surface area contributed by atoms with Crippen LogP contribution in [0, 0.1) is 0 Å². The maximum absolute atomic E-state index is 11.3. The number of fused-ring (bicyclic) bond motifs is 1. The molecule has 0 aromatic carbocycles. The zero-order valence-electron chi connectivity index (χ0n) is 6.94. The number of hydrogen-bond donors (Lipinski definition) is 2. The van der Waals surface area contributed by atoms with Crippen molar-refractivity contribution in [1.82, 2.24) is 10.0 Å². The van der Waals surface area contributed by atoms with Gasteiger partial charge in [-0.05, 0) is 11.4 Å². The van der Waals surface area contributed by atoms with Crippen molar-refractivity contribution >= 4 is 27.5 Å². The molecule has 0 spiro atoms. The standard InChI is InChI=1S/C8H8N2O2S/c1-9-8(11)5-4-10(12)6-2-3-13-7(5)6/h2-4,12H,1H3,(H,9,11). The van der Waals surface area contributed by atoms with E-state index in [1.54, 1.807) is 13.1 Å². The maximum Gasteiger partial charge on any atom is 0.254 e. The minimum absolute atomic E-state index is 0.180. The monoisotopic (exact) mass is 196 g/mol. The van der Waals surface area contributed by atoms with Crippen LogP contribution in [0.4, 0.5) is 0 Å². The molecule has 2 N–H and O–H groups in total. The molecule has 0 fully saturated rings. The van der Waals surface area contributed by atoms with E-state index in [1.165, 1.54) is 17.5 Å². The number of thiophene rings is 1. The second-order valence-electron chi connectivity index (χ2n) is 2.60. The van der Waals surface area contributed by atoms with Crippen LogP contribution in [0.25, 0.3) is 10.2 Å². The minimum atomic E-state index is -0.180. The summed E-state index contributed by atoms with van der Waals surface area (Å²) in [6, 6.07) is 1.77. The summed E-state index contributed by atoms with van der Waals surface area (Å²) in [5, 5.41) is 13.7. The lowest BCUT2D eigenvalue weighted by Crippen LogP contribution is -2.17. The number of carbonyl (C=O) groups excluding carboxylic acids is 1. The van der Waals surface area contributed by atoms with Crippen LogP contribution in [-0.4, -0.2) is 22.9 Å². The van der Waals surface area contributed by atoms with Crippen LogP contribution in [0.3, 0.4) is 0 Å². The fourth-order valence-electron chi connectivity index (χ4n) is 1.23. The first kappa shape index (κ1) is 8.12. The van der Waals surface area contributed by atoms with Crippen molar-refractivity contribution < 1.29 is 10.0 Å². The smallest absolute Gasteiger partial charge is 0.254 e. The van der Waals surface area contributed by atoms with Gasteiger partial charge in [-0.25, -0.2) is 0 Å². The molecule has 2 heterocycles. The molecule has 0 bridgehead atoms. The number of hydrogen-bond acceptors (Lipinski definition) is 3. The van der Waals surface area contributed by atoms with Gasteiger partial charge in [0.2, 0.25) is 0 Å². The van der Waals surface area contributed by atoms with Crippen LogP contribution in [-0.2, 0) is 0 Å². The van der Waals surface area contributed by atoms with Gasteiger partial charge in [-0.3, -0.25) is 4.79 Å². The number of aromatic nitrogens is 1. The van der Waals surface area contributed by atoms with Gasteiger partial charge < -0.3 is 10.5 Å². The summed E-state index contributed by atoms with van der Waals surface area (Å²) in [6.45, 7) is 0. The van der Waals surface area contributed by atoms with Crippen molar-refractivity contribution in [2.24, 2.45) is 0 Å². The van der Waals surface area contributed by atoms with Gasteiger partial charge in [0.1, 0.15) is 0 Å². The van der Waals surface area contributed by atoms with Crippen LogP contribution < -0.4 is 5.32 Å². The molecule has 2 aromatic heterocycles. The Morgan fingerprint density at radius 3 is 3.15 bits per heavy atom. The topological polar surface area (TPSA) is 54.3 Å². The first-order chi connectivity index (χ1) is 6.24. The summed E-state index contributed by atoms with van der Waals surface area (Å²) in [4.78, 5) is 11.3. The number of carbonyl (C=O) groups is 1. The molecule has 0 aliphatic carbocycles. The number of nitrogens with one attached hydrogen (secondary N) is 1. The van der Waals surface area contributed by atoms with E-state index in [1.807, 2.05) is 5.38 Å². The average molecular weight is 196 g/mol. The highest BCUT2D eigenvalue weighted by molar-refractivity contribution is 7.17. The molecule has 2 aromatic rings. The predicted octanol–water partition coefficient (Wildman–Crippen LogP) is 1.30. The number of amides is 1. The van der Waals surface area contributed by atoms with Crippen LogP contribution in [0.1, 0.15) is 10.4 Å². The molecule has 13 heavy (non-hydrogen) atoms. The third kappa shape index (κ3) is 1.08. The van der Waals surface area contributed by atoms with Crippen molar-refractivity contribution in [3.63, 3.8) is 0 Å². The quantitative estimate of drug-likeness (QED) is 0.675. The van der Waals surface area contributed by atoms with Crippen molar-refractivity contribution in [3.05, 3.63) is 23.2 Å². The summed E-state index contributed by atoms with van der Waals surface area (Å²) in [5.41, 5.74) is 1.18. The second-order valence-corrected chi connectivity index (χ2v) is 3.52. The van der Waals surface area contributed by atoms with Crippen LogP contribution in [0.15, 0.2) is 17.6 Å². The first-order valence-electron chi connectivity index (χ1n) is 3.74. The van der Waals surface area contributed by atoms with Gasteiger partial charge in [-0.1, -0.05) is 0 Å². The zero-order chi connectivity index (χ0) is 9.42. The minimum Gasteiger partial charge on any atom is -0.428 e. The van der Waals surface area contributed by atoms with Crippen molar-refractivity contribution in [1.29, 1.82) is 0 Å². The molecule has 0 atom stereocenters. The molecular weight excluding hydrogens is 188 g/mol. The van der Waals surface area contributed by atoms with Gasteiger partial charge in [0.05, 0.1) is 22.0 Å². The number of rotatable bonds is 1. The highest BCUT2D eigenvalue weighted by atomic mass is 32.1. The lowest BCUT2D eigenvalue weighted by atomic mass is 10.3. The third-order valence-electron chi connectivity index (χ3n) is 1.86. The molecule has 68 valence electrons. The fourth-order valence-corrected chi connectivity index (χ4v) is 2.12. The molecule has 0 aliphatic rings. The van der Waals surface area contributed by atoms with E-state index >= 15 is 0 Å². The SMILES string of the molecule is CNC(=O)c1cn(O)c2ccsc12. The normalized spacial score (nSPS) is 10.5. The van der Waals surface area contributed by atoms with Crippen molar-refractivity contribution in [2.45, 2.75) is 0 Å². The maximum atomic E-state index is 11.3. The molecule has 0 radical (unpaired) electrons. The molecular formula is C8H8N2O2S. The van der Waals surface area contributed by atoms with E-state index in [-0.39, 0.29) is 5.91 Å². The van der Waals surface area contributed by atoms with Crippen molar-refractivity contribution in [3.8, 4) is 0 Å². The summed E-state index contributed by atoms with van der Waals surface area (Å²) in [6.07, 6.45) is 1.42. The Bertz CT molecular complexity index is 458. The molecule has 0 saturated heterocycles. The first-order valence-corrected chi connectivity index (χ1v) is 4.62. The van der Waals surface area contributed by atoms with Gasteiger partial charge in [0.25, 0.3) is 5.91 Å². The van der Waals surface area contributed by atoms with E-state index in [9.17, 15) is 10.0 Å². The molecule has 0 unspecified atom stereocenters. The highest BCUT2D eigenvalue weighted by Gasteiger charge is 2.14. The molecule has 1 amide bonds. The van der Waals surface area contributed by atoms with Gasteiger partial charge in [0, 0.05) is 7.05 Å². The molecule has 5 heteroatoms. The van der Waals surface area contributed by atoms with Crippen LogP contribution in [0.2, 0.25) is 0 Å². The van der Waals surface area contributed by atoms with E-state index < -0.39 is 0 Å². The summed E-state index contributed by atoms with van der Waals surface area (Å²) in [7, 11) is 1.57. The Labute approximate surface area is 78.4 Å². The van der Waals surface area contributed by atoms with E-state index in [0.29, 0.717) is 11.1 Å². The average Bonchev–Trinajstić information content (AvgIpc) is 2.68. The second kappa shape index (κ2) is 2.77. The van der Waals surface area contributed by atoms with Crippen LogP contribution in [0.5, 0.6) is 0 Å². The van der Waals surface area contributed by atoms with Gasteiger partial charge in [-0.2, -0.15) is 4.73 Å². The third-order valence-corrected chi connectivity index (χ3v) is 2.80. The molecule has 0 aliphatic heterocycles. The van der Waals surface area contributed by atoms with E-state index in [2.05, 4.69) is 5.32 Å². The lowest BCUT2D eigenvalue weighted by molar-refractivity contribution is 0.0962. The van der Waals surface area contributed by atoms with Gasteiger partial charge in [0.15, 0.2) is 0 Å². The Morgan fingerprint density at radius 1 is 1.69 bits per heavy atom. The van der Waals surface area contributed by atoms with Crippen LogP contribution >= 0.6 is 11.3 Å². The Morgan fingerprint density at radius 2 is 2.46 bits per heavy atom. The lowest BCUT2D eigenvalue weighted by Gasteiger charge is -1.93. The van der Waals surface area contributed by atoms with Gasteiger partial charge in [-0.15, -0.1) is 11.3 Å². The summed E-state index contributed by atoms with van der Waals surface area (Å²) in [5.74, 6) is -0.180.